The summed E-state index contributed by atoms with van der Waals surface area (Å²) in [7, 11) is 2.18. The molecule has 3 aromatic carbocycles. The molecular weight excluding hydrogens is 292 g/mol. The average Bonchev–Trinajstić information content (AvgIpc) is 3.03. The quantitative estimate of drug-likeness (QED) is 0.689. The van der Waals surface area contributed by atoms with Crippen molar-refractivity contribution >= 4 is 5.69 Å². The molecule has 0 saturated heterocycles. The summed E-state index contributed by atoms with van der Waals surface area (Å²) in [4.78, 5) is 0. The smallest absolute Gasteiger partial charge is 0.0561 e. The van der Waals surface area contributed by atoms with Gasteiger partial charge in [-0.15, -0.1) is 0 Å². The van der Waals surface area contributed by atoms with Crippen LogP contribution in [0.25, 0.3) is 0 Å². The molecule has 0 aliphatic carbocycles. The Kier molecular flexibility index (Phi) is 4.06. The second kappa shape index (κ2) is 6.50. The van der Waals surface area contributed by atoms with Gasteiger partial charge in [0.1, 0.15) is 0 Å². The van der Waals surface area contributed by atoms with Gasteiger partial charge in [-0.05, 0) is 22.8 Å². The maximum atomic E-state index is 2.42. The summed E-state index contributed by atoms with van der Waals surface area (Å²) in [5, 5.41) is 4.75. The molecule has 0 saturated carbocycles. The van der Waals surface area contributed by atoms with Crippen molar-refractivity contribution in [3.05, 3.63) is 102 Å². The van der Waals surface area contributed by atoms with E-state index in [0.29, 0.717) is 5.92 Å². The van der Waals surface area contributed by atoms with Crippen LogP contribution in [0.3, 0.4) is 0 Å². The minimum absolute atomic E-state index is 0.431. The van der Waals surface area contributed by atoms with Crippen LogP contribution in [-0.2, 0) is 6.54 Å². The Morgan fingerprint density at radius 3 is 2.21 bits per heavy atom. The van der Waals surface area contributed by atoms with Crippen molar-refractivity contribution in [1.82, 2.24) is 5.01 Å². The monoisotopic (exact) mass is 314 g/mol. The second-order valence-corrected chi connectivity index (χ2v) is 6.41. The molecule has 120 valence electrons. The molecule has 0 unspecified atom stereocenters. The van der Waals surface area contributed by atoms with E-state index in [1.165, 1.54) is 22.4 Å². The summed E-state index contributed by atoms with van der Waals surface area (Å²) >= 11 is 0. The Labute approximate surface area is 143 Å². The maximum Gasteiger partial charge on any atom is 0.0561 e. The molecule has 0 N–H and O–H groups in total. The van der Waals surface area contributed by atoms with Crippen molar-refractivity contribution in [2.75, 3.05) is 18.6 Å². The number of hydrogen-bond donors (Lipinski definition) is 0. The summed E-state index contributed by atoms with van der Waals surface area (Å²) < 4.78 is 0. The van der Waals surface area contributed by atoms with Crippen LogP contribution < -0.4 is 5.01 Å². The standard InChI is InChI=1S/C22H22N2/c1-23(16-18-10-4-2-5-11-18)24-17-21(19-12-6-3-7-13-19)20-14-8-9-15-22(20)24/h2-15,21H,16-17H2,1H3/t21-/m1/s1. The van der Waals surface area contributed by atoms with Crippen LogP contribution in [0.1, 0.15) is 22.6 Å². The molecule has 0 fully saturated rings. The lowest BCUT2D eigenvalue weighted by Crippen LogP contribution is -2.38. The van der Waals surface area contributed by atoms with Gasteiger partial charge in [-0.25, -0.2) is 5.01 Å². The minimum atomic E-state index is 0.431. The number of nitrogens with zero attached hydrogens (tertiary/aromatic N) is 2. The molecule has 3 aromatic rings. The number of para-hydroxylation sites is 1. The molecule has 0 amide bonds. The van der Waals surface area contributed by atoms with Crippen molar-refractivity contribution in [2.45, 2.75) is 12.5 Å². The Balaban J connectivity index is 1.63. The van der Waals surface area contributed by atoms with Gasteiger partial charge in [-0.2, -0.15) is 0 Å². The van der Waals surface area contributed by atoms with Gasteiger partial charge in [0.15, 0.2) is 0 Å². The van der Waals surface area contributed by atoms with E-state index in [1.54, 1.807) is 0 Å². The molecule has 1 atom stereocenters. The largest absolute Gasteiger partial charge is 0.305 e. The molecule has 24 heavy (non-hydrogen) atoms. The summed E-state index contributed by atoms with van der Waals surface area (Å²) in [5.74, 6) is 0.431. The van der Waals surface area contributed by atoms with E-state index in [-0.39, 0.29) is 0 Å². The Morgan fingerprint density at radius 1 is 0.833 bits per heavy atom. The summed E-state index contributed by atoms with van der Waals surface area (Å²) in [6.07, 6.45) is 0. The predicted octanol–water partition coefficient (Wildman–Crippen LogP) is 4.69. The zero-order chi connectivity index (χ0) is 16.4. The molecule has 0 aromatic heterocycles. The van der Waals surface area contributed by atoms with Gasteiger partial charge in [0.25, 0.3) is 0 Å². The van der Waals surface area contributed by atoms with Crippen LogP contribution in [-0.4, -0.2) is 18.6 Å². The van der Waals surface area contributed by atoms with E-state index in [1.807, 2.05) is 0 Å². The molecule has 0 bridgehead atoms. The Bertz CT molecular complexity index is 798. The fourth-order valence-corrected chi connectivity index (χ4v) is 3.61. The van der Waals surface area contributed by atoms with E-state index in [9.17, 15) is 0 Å². The molecule has 4 rings (SSSR count). The maximum absolute atomic E-state index is 2.42. The summed E-state index contributed by atoms with van der Waals surface area (Å²) in [6.45, 7) is 1.91. The topological polar surface area (TPSA) is 6.48 Å². The highest BCUT2D eigenvalue weighted by atomic mass is 15.6. The lowest BCUT2D eigenvalue weighted by molar-refractivity contribution is 0.301. The first-order chi connectivity index (χ1) is 11.8. The molecule has 2 nitrogen and oxygen atoms in total. The summed E-state index contributed by atoms with van der Waals surface area (Å²) in [5.41, 5.74) is 5.47. The van der Waals surface area contributed by atoms with Crippen LogP contribution in [0.4, 0.5) is 5.69 Å². The second-order valence-electron chi connectivity index (χ2n) is 6.41. The third kappa shape index (κ3) is 2.81. The first-order valence-electron chi connectivity index (χ1n) is 8.49. The van der Waals surface area contributed by atoms with E-state index in [2.05, 4.69) is 102 Å². The SMILES string of the molecule is CN(Cc1ccccc1)N1C[C@H](c2ccccc2)c2ccccc21. The van der Waals surface area contributed by atoms with E-state index >= 15 is 0 Å². The first kappa shape index (κ1) is 15.0. The van der Waals surface area contributed by atoms with E-state index in [4.69, 9.17) is 0 Å². The normalized spacial score (nSPS) is 16.4. The number of hydrazine groups is 1. The zero-order valence-electron chi connectivity index (χ0n) is 14.0. The Hall–Kier alpha value is -2.58. The van der Waals surface area contributed by atoms with Crippen molar-refractivity contribution in [1.29, 1.82) is 0 Å². The lowest BCUT2D eigenvalue weighted by atomic mass is 9.93. The van der Waals surface area contributed by atoms with Gasteiger partial charge in [-0.1, -0.05) is 78.9 Å². The fourth-order valence-electron chi connectivity index (χ4n) is 3.61. The van der Waals surface area contributed by atoms with Crippen LogP contribution in [0, 0.1) is 0 Å². The highest BCUT2D eigenvalue weighted by Crippen LogP contribution is 2.40. The van der Waals surface area contributed by atoms with E-state index in [0.717, 1.165) is 13.1 Å². The van der Waals surface area contributed by atoms with Crippen molar-refractivity contribution in [2.24, 2.45) is 0 Å². The van der Waals surface area contributed by atoms with Crippen LogP contribution in [0.15, 0.2) is 84.9 Å². The zero-order valence-corrected chi connectivity index (χ0v) is 14.0. The highest BCUT2D eigenvalue weighted by Gasteiger charge is 2.31. The first-order valence-corrected chi connectivity index (χ1v) is 8.49. The molecule has 1 heterocycles. The minimum Gasteiger partial charge on any atom is -0.305 e. The molecular formula is C22H22N2. The van der Waals surface area contributed by atoms with Crippen LogP contribution in [0.2, 0.25) is 0 Å². The van der Waals surface area contributed by atoms with E-state index < -0.39 is 0 Å². The number of benzene rings is 3. The lowest BCUT2D eigenvalue weighted by Gasteiger charge is -2.31. The predicted molar refractivity (Wildman–Crippen MR) is 100.0 cm³/mol. The van der Waals surface area contributed by atoms with Crippen molar-refractivity contribution in [3.8, 4) is 0 Å². The van der Waals surface area contributed by atoms with Gasteiger partial charge < -0.3 is 5.01 Å². The molecule has 0 spiro atoms. The highest BCUT2D eigenvalue weighted by molar-refractivity contribution is 5.62. The number of rotatable bonds is 4. The third-order valence-electron chi connectivity index (χ3n) is 4.81. The number of anilines is 1. The van der Waals surface area contributed by atoms with Gasteiger partial charge >= 0.3 is 0 Å². The third-order valence-corrected chi connectivity index (χ3v) is 4.81. The van der Waals surface area contributed by atoms with Crippen LogP contribution in [0.5, 0.6) is 0 Å². The van der Waals surface area contributed by atoms with Crippen LogP contribution >= 0.6 is 0 Å². The van der Waals surface area contributed by atoms with Gasteiger partial charge in [-0.3, -0.25) is 0 Å². The fraction of sp³-hybridized carbons (Fsp3) is 0.182. The molecule has 2 heteroatoms. The van der Waals surface area contributed by atoms with Crippen molar-refractivity contribution in [3.63, 3.8) is 0 Å². The summed E-state index contributed by atoms with van der Waals surface area (Å²) in [6, 6.07) is 30.3. The Morgan fingerprint density at radius 2 is 1.46 bits per heavy atom. The number of hydrogen-bond acceptors (Lipinski definition) is 2. The molecule has 0 radical (unpaired) electrons. The number of fused-ring (bicyclic) bond motifs is 1. The molecule has 1 aliphatic rings. The van der Waals surface area contributed by atoms with Crippen molar-refractivity contribution < 1.29 is 0 Å². The average molecular weight is 314 g/mol. The van der Waals surface area contributed by atoms with Gasteiger partial charge in [0.2, 0.25) is 0 Å². The molecule has 1 aliphatic heterocycles. The van der Waals surface area contributed by atoms with Gasteiger partial charge in [0, 0.05) is 26.1 Å². The van der Waals surface area contributed by atoms with Gasteiger partial charge in [0.05, 0.1) is 5.69 Å².